The molecule has 0 bridgehead atoms. The lowest BCUT2D eigenvalue weighted by Crippen LogP contribution is -2.22. The van der Waals surface area contributed by atoms with Gasteiger partial charge < -0.3 is 15.1 Å². The molecule has 162 valence electrons. The van der Waals surface area contributed by atoms with Gasteiger partial charge in [-0.1, -0.05) is 28.1 Å². The molecule has 0 fully saturated rings. The molecule has 0 spiro atoms. The van der Waals surface area contributed by atoms with E-state index in [2.05, 4.69) is 31.5 Å². The van der Waals surface area contributed by atoms with Crippen molar-refractivity contribution >= 4 is 61.7 Å². The third kappa shape index (κ3) is 5.67. The maximum Gasteiger partial charge on any atom is 0.291 e. The van der Waals surface area contributed by atoms with Crippen LogP contribution in [0.25, 0.3) is 11.3 Å². The van der Waals surface area contributed by atoms with Gasteiger partial charge in [0.1, 0.15) is 0 Å². The zero-order valence-corrected chi connectivity index (χ0v) is 20.1. The molecule has 0 saturated heterocycles. The van der Waals surface area contributed by atoms with Gasteiger partial charge in [0.15, 0.2) is 10.9 Å². The summed E-state index contributed by atoms with van der Waals surface area (Å²) in [5.74, 6) is -0.185. The average Bonchev–Trinajstić information content (AvgIpc) is 3.48. The van der Waals surface area contributed by atoms with Crippen molar-refractivity contribution < 1.29 is 14.0 Å². The van der Waals surface area contributed by atoms with Crippen LogP contribution in [0.5, 0.6) is 0 Å². The number of hydrogen-bond donors (Lipinski definition) is 2. The molecule has 1 unspecified atom stereocenters. The fourth-order valence-corrected chi connectivity index (χ4v) is 4.62. The van der Waals surface area contributed by atoms with Gasteiger partial charge in [0, 0.05) is 26.0 Å². The Labute approximate surface area is 201 Å². The summed E-state index contributed by atoms with van der Waals surface area (Å²) in [7, 11) is 0. The Bertz CT molecular complexity index is 1210. The van der Waals surface area contributed by atoms with Crippen LogP contribution < -0.4 is 10.6 Å². The van der Waals surface area contributed by atoms with Gasteiger partial charge in [0.25, 0.3) is 5.91 Å². The van der Waals surface area contributed by atoms with Crippen LogP contribution in [-0.2, 0) is 4.79 Å². The second-order valence-electron chi connectivity index (χ2n) is 6.75. The number of carbonyl (C=O) groups is 2. The number of furan rings is 1. The molecule has 32 heavy (non-hydrogen) atoms. The van der Waals surface area contributed by atoms with Crippen LogP contribution >= 0.6 is 39.0 Å². The Morgan fingerprint density at radius 2 is 1.81 bits per heavy atom. The summed E-state index contributed by atoms with van der Waals surface area (Å²) in [4.78, 5) is 30.1. The molecule has 4 rings (SSSR count). The van der Waals surface area contributed by atoms with Crippen LogP contribution in [0.3, 0.4) is 0 Å². The van der Waals surface area contributed by atoms with Gasteiger partial charge >= 0.3 is 0 Å². The van der Waals surface area contributed by atoms with Crippen LogP contribution in [0.4, 0.5) is 10.8 Å². The maximum atomic E-state index is 12.6. The lowest BCUT2D eigenvalue weighted by molar-refractivity contribution is -0.115. The van der Waals surface area contributed by atoms with Crippen molar-refractivity contribution in [3.63, 3.8) is 0 Å². The molecule has 2 N–H and O–H groups in total. The van der Waals surface area contributed by atoms with E-state index < -0.39 is 0 Å². The van der Waals surface area contributed by atoms with Gasteiger partial charge in [0.2, 0.25) is 5.91 Å². The van der Waals surface area contributed by atoms with E-state index in [9.17, 15) is 9.59 Å². The standard InChI is InChI=1S/C23H18BrN3O3S2/c1-14(21(28)27-23-26-19(13-31-23)15-4-6-16(24)7-5-15)32-18-10-8-17(9-11-18)25-22(29)20-3-2-12-30-20/h2-14H,1H3,(H,25,29)(H,26,27,28). The number of hydrogen-bond acceptors (Lipinski definition) is 6. The molecule has 9 heteroatoms. The van der Waals surface area contributed by atoms with Crippen LogP contribution in [0.15, 0.2) is 86.1 Å². The number of rotatable bonds is 7. The topological polar surface area (TPSA) is 84.2 Å². The second kappa shape index (κ2) is 10.2. The normalized spacial score (nSPS) is 11.7. The van der Waals surface area contributed by atoms with Gasteiger partial charge in [-0.25, -0.2) is 4.98 Å². The predicted molar refractivity (Wildman–Crippen MR) is 132 cm³/mol. The Hall–Kier alpha value is -2.88. The van der Waals surface area contributed by atoms with E-state index in [1.807, 2.05) is 48.7 Å². The molecule has 0 aliphatic carbocycles. The molecule has 4 aromatic rings. The first-order valence-corrected chi connectivity index (χ1v) is 12.2. The third-order valence-electron chi connectivity index (χ3n) is 4.41. The van der Waals surface area contributed by atoms with Crippen molar-refractivity contribution in [2.45, 2.75) is 17.1 Å². The molecule has 0 saturated carbocycles. The van der Waals surface area contributed by atoms with Gasteiger partial charge in [-0.2, -0.15) is 0 Å². The molecule has 2 aromatic heterocycles. The Balaban J connectivity index is 1.31. The second-order valence-corrected chi connectivity index (χ2v) is 9.94. The van der Waals surface area contributed by atoms with Crippen LogP contribution in [-0.4, -0.2) is 22.0 Å². The number of benzene rings is 2. The first-order chi connectivity index (χ1) is 15.5. The van der Waals surface area contributed by atoms with E-state index in [0.29, 0.717) is 10.8 Å². The molecule has 2 aromatic carbocycles. The fraction of sp³-hybridized carbons (Fsp3) is 0.0870. The number of thioether (sulfide) groups is 1. The van der Waals surface area contributed by atoms with Gasteiger partial charge in [-0.15, -0.1) is 23.1 Å². The summed E-state index contributed by atoms with van der Waals surface area (Å²) in [5.41, 5.74) is 2.47. The SMILES string of the molecule is CC(Sc1ccc(NC(=O)c2ccco2)cc1)C(=O)Nc1nc(-c2ccc(Br)cc2)cs1. The highest BCUT2D eigenvalue weighted by Crippen LogP contribution is 2.28. The Morgan fingerprint density at radius 3 is 2.50 bits per heavy atom. The maximum absolute atomic E-state index is 12.6. The summed E-state index contributed by atoms with van der Waals surface area (Å²) in [6.07, 6.45) is 1.45. The van der Waals surface area contributed by atoms with Crippen molar-refractivity contribution in [1.29, 1.82) is 0 Å². The number of aromatic nitrogens is 1. The van der Waals surface area contributed by atoms with E-state index in [0.717, 1.165) is 20.6 Å². The van der Waals surface area contributed by atoms with Gasteiger partial charge in [-0.05, 0) is 55.5 Å². The van der Waals surface area contributed by atoms with E-state index in [1.54, 1.807) is 24.3 Å². The molecular weight excluding hydrogens is 510 g/mol. The van der Waals surface area contributed by atoms with Crippen molar-refractivity contribution in [2.24, 2.45) is 0 Å². The first-order valence-electron chi connectivity index (χ1n) is 9.62. The number of amides is 2. The van der Waals surface area contributed by atoms with Crippen molar-refractivity contribution in [1.82, 2.24) is 4.98 Å². The Kier molecular flexibility index (Phi) is 7.09. The molecular formula is C23H18BrN3O3S2. The zero-order chi connectivity index (χ0) is 22.5. The minimum atomic E-state index is -0.321. The van der Waals surface area contributed by atoms with Crippen molar-refractivity contribution in [3.8, 4) is 11.3 Å². The summed E-state index contributed by atoms with van der Waals surface area (Å²) < 4.78 is 6.09. The largest absolute Gasteiger partial charge is 0.459 e. The molecule has 0 aliphatic heterocycles. The highest BCUT2D eigenvalue weighted by molar-refractivity contribution is 9.10. The summed E-state index contributed by atoms with van der Waals surface area (Å²) in [6.45, 7) is 1.84. The fourth-order valence-electron chi connectivity index (χ4n) is 2.77. The molecule has 1 atom stereocenters. The van der Waals surface area contributed by atoms with Crippen LogP contribution in [0.1, 0.15) is 17.5 Å². The lowest BCUT2D eigenvalue weighted by Gasteiger charge is -2.11. The highest BCUT2D eigenvalue weighted by atomic mass is 79.9. The van der Waals surface area contributed by atoms with E-state index in [1.165, 1.54) is 29.4 Å². The number of nitrogens with one attached hydrogen (secondary N) is 2. The van der Waals surface area contributed by atoms with Crippen LogP contribution in [0, 0.1) is 0 Å². The van der Waals surface area contributed by atoms with E-state index in [4.69, 9.17) is 4.42 Å². The van der Waals surface area contributed by atoms with Gasteiger partial charge in [0.05, 0.1) is 17.2 Å². The quantitative estimate of drug-likeness (QED) is 0.266. The molecule has 2 heterocycles. The number of anilines is 2. The predicted octanol–water partition coefficient (Wildman–Crippen LogP) is 6.54. The minimum Gasteiger partial charge on any atom is -0.459 e. The smallest absolute Gasteiger partial charge is 0.291 e. The molecule has 6 nitrogen and oxygen atoms in total. The summed E-state index contributed by atoms with van der Waals surface area (Å²) in [6, 6.07) is 18.4. The minimum absolute atomic E-state index is 0.123. The first kappa shape index (κ1) is 22.3. The van der Waals surface area contributed by atoms with Crippen molar-refractivity contribution in [3.05, 3.63) is 82.5 Å². The Morgan fingerprint density at radius 1 is 1.06 bits per heavy atom. The number of carbonyl (C=O) groups excluding carboxylic acids is 2. The molecule has 0 radical (unpaired) electrons. The lowest BCUT2D eigenvalue weighted by atomic mass is 10.2. The summed E-state index contributed by atoms with van der Waals surface area (Å²) >= 11 is 6.25. The van der Waals surface area contributed by atoms with Crippen molar-refractivity contribution in [2.75, 3.05) is 10.6 Å². The zero-order valence-electron chi connectivity index (χ0n) is 16.9. The highest BCUT2D eigenvalue weighted by Gasteiger charge is 2.17. The van der Waals surface area contributed by atoms with E-state index in [-0.39, 0.29) is 22.8 Å². The number of nitrogens with zero attached hydrogens (tertiary/aromatic N) is 1. The molecule has 0 aliphatic rings. The summed E-state index contributed by atoms with van der Waals surface area (Å²) in [5, 5.41) is 7.82. The third-order valence-corrected chi connectivity index (χ3v) is 6.81. The van der Waals surface area contributed by atoms with Gasteiger partial charge in [-0.3, -0.25) is 9.59 Å². The van der Waals surface area contributed by atoms with E-state index >= 15 is 0 Å². The monoisotopic (exact) mass is 527 g/mol. The number of halogens is 1. The number of thiazole rings is 1. The molecule has 2 amide bonds. The average molecular weight is 528 g/mol. The van der Waals surface area contributed by atoms with Crippen LogP contribution in [0.2, 0.25) is 0 Å².